The van der Waals surface area contributed by atoms with Gasteiger partial charge in [0.25, 0.3) is 0 Å². The molecule has 5 heteroatoms. The van der Waals surface area contributed by atoms with Crippen LogP contribution >= 0.6 is 11.3 Å². The molecule has 3 aliphatic heterocycles. The van der Waals surface area contributed by atoms with Gasteiger partial charge in [-0.1, -0.05) is 36.4 Å². The van der Waals surface area contributed by atoms with E-state index in [9.17, 15) is 0 Å². The summed E-state index contributed by atoms with van der Waals surface area (Å²) in [5.74, 6) is 0.775. The first-order valence-electron chi connectivity index (χ1n) is 10.2. The van der Waals surface area contributed by atoms with Gasteiger partial charge < -0.3 is 0 Å². The summed E-state index contributed by atoms with van der Waals surface area (Å²) in [6.45, 7) is 5.64. The second-order valence-corrected chi connectivity index (χ2v) is 9.19. The first-order valence-corrected chi connectivity index (χ1v) is 11.0. The predicted molar refractivity (Wildman–Crippen MR) is 114 cm³/mol. The van der Waals surface area contributed by atoms with Crippen molar-refractivity contribution in [3.05, 3.63) is 71.5 Å². The standard InChI is InChI=1S/C23H26N4S/c1-2-6-20(7-3-1)23-25-12-22(28-23)17-27-15-19-8-9-21(27)16-26(14-19)13-18-5-4-10-24-11-18/h1-7,10-12,19,21H,8-9,13-17H2/t19-,21+/m1/s1. The monoisotopic (exact) mass is 390 g/mol. The van der Waals surface area contributed by atoms with Crippen molar-refractivity contribution in [2.24, 2.45) is 5.92 Å². The molecule has 144 valence electrons. The van der Waals surface area contributed by atoms with Gasteiger partial charge in [-0.05, 0) is 30.4 Å². The van der Waals surface area contributed by atoms with Crippen molar-refractivity contribution in [1.29, 1.82) is 0 Å². The van der Waals surface area contributed by atoms with Crippen LogP contribution in [-0.4, -0.2) is 45.4 Å². The molecule has 0 unspecified atom stereocenters. The van der Waals surface area contributed by atoms with Crippen LogP contribution in [0, 0.1) is 5.92 Å². The summed E-state index contributed by atoms with van der Waals surface area (Å²) in [6.07, 6.45) is 8.63. The Balaban J connectivity index is 1.26. The van der Waals surface area contributed by atoms with Crippen molar-refractivity contribution in [2.75, 3.05) is 19.6 Å². The molecule has 2 aromatic heterocycles. The summed E-state index contributed by atoms with van der Waals surface area (Å²) >= 11 is 1.84. The molecule has 3 aliphatic rings. The number of piperidine rings is 1. The molecule has 0 N–H and O–H groups in total. The zero-order chi connectivity index (χ0) is 18.8. The van der Waals surface area contributed by atoms with Gasteiger partial charge in [0.2, 0.25) is 0 Å². The topological polar surface area (TPSA) is 32.3 Å². The fraction of sp³-hybridized carbons (Fsp3) is 0.391. The average molecular weight is 391 g/mol. The Morgan fingerprint density at radius 2 is 1.86 bits per heavy atom. The Bertz CT molecular complexity index is 895. The summed E-state index contributed by atoms with van der Waals surface area (Å²) in [7, 11) is 0. The smallest absolute Gasteiger partial charge is 0.123 e. The quantitative estimate of drug-likeness (QED) is 0.650. The van der Waals surface area contributed by atoms with Crippen molar-refractivity contribution in [3.63, 3.8) is 0 Å². The minimum Gasteiger partial charge on any atom is -0.297 e. The van der Waals surface area contributed by atoms with Crippen LogP contribution in [0.4, 0.5) is 0 Å². The fourth-order valence-electron chi connectivity index (χ4n) is 4.64. The second-order valence-electron chi connectivity index (χ2n) is 8.08. The van der Waals surface area contributed by atoms with Gasteiger partial charge in [0.15, 0.2) is 0 Å². The molecular formula is C23H26N4S. The molecule has 5 heterocycles. The SMILES string of the molecule is c1ccc(-c2ncc(CN3C[C@@H]4CC[C@H]3CN(Cc3cccnc3)C4)s2)cc1. The Morgan fingerprint density at radius 1 is 0.929 bits per heavy atom. The number of pyridine rings is 1. The van der Waals surface area contributed by atoms with Gasteiger partial charge in [0.05, 0.1) is 0 Å². The molecule has 2 atom stereocenters. The minimum absolute atomic E-state index is 0.651. The maximum Gasteiger partial charge on any atom is 0.123 e. The number of aromatic nitrogens is 2. The van der Waals surface area contributed by atoms with Gasteiger partial charge in [-0.3, -0.25) is 14.8 Å². The lowest BCUT2D eigenvalue weighted by Gasteiger charge is -2.35. The summed E-state index contributed by atoms with van der Waals surface area (Å²) in [5, 5.41) is 1.13. The summed E-state index contributed by atoms with van der Waals surface area (Å²) in [4.78, 5) is 15.7. The van der Waals surface area contributed by atoms with E-state index in [-0.39, 0.29) is 0 Å². The van der Waals surface area contributed by atoms with Crippen molar-refractivity contribution < 1.29 is 0 Å². The van der Waals surface area contributed by atoms with Crippen molar-refractivity contribution >= 4 is 11.3 Å². The highest BCUT2D eigenvalue weighted by Crippen LogP contribution is 2.32. The third kappa shape index (κ3) is 4.02. The van der Waals surface area contributed by atoms with Crippen LogP contribution in [0.2, 0.25) is 0 Å². The molecule has 3 saturated heterocycles. The van der Waals surface area contributed by atoms with E-state index in [1.807, 2.05) is 29.8 Å². The maximum absolute atomic E-state index is 4.68. The van der Waals surface area contributed by atoms with E-state index in [0.29, 0.717) is 6.04 Å². The molecule has 2 bridgehead atoms. The Hall–Kier alpha value is -2.08. The van der Waals surface area contributed by atoms with Gasteiger partial charge in [0.1, 0.15) is 5.01 Å². The van der Waals surface area contributed by atoms with E-state index in [4.69, 9.17) is 0 Å². The van der Waals surface area contributed by atoms with Crippen LogP contribution in [0.25, 0.3) is 10.6 Å². The molecule has 0 spiro atoms. The van der Waals surface area contributed by atoms with Crippen LogP contribution in [0.3, 0.4) is 0 Å². The Labute approximate surface area is 170 Å². The summed E-state index contributed by atoms with van der Waals surface area (Å²) in [5.41, 5.74) is 2.55. The zero-order valence-electron chi connectivity index (χ0n) is 16.1. The molecule has 1 aromatic carbocycles. The van der Waals surface area contributed by atoms with E-state index in [2.05, 4.69) is 62.4 Å². The zero-order valence-corrected chi connectivity index (χ0v) is 16.9. The normalized spacial score (nSPS) is 23.0. The third-order valence-corrected chi connectivity index (χ3v) is 7.00. The molecule has 3 aromatic rings. The molecule has 0 aliphatic carbocycles. The van der Waals surface area contributed by atoms with Crippen molar-refractivity contribution in [1.82, 2.24) is 19.8 Å². The highest BCUT2D eigenvalue weighted by Gasteiger charge is 2.34. The minimum atomic E-state index is 0.651. The van der Waals surface area contributed by atoms with Gasteiger partial charge >= 0.3 is 0 Å². The molecule has 6 rings (SSSR count). The first kappa shape index (κ1) is 18.0. The molecule has 3 fully saturated rings. The molecule has 28 heavy (non-hydrogen) atoms. The van der Waals surface area contributed by atoms with Crippen LogP contribution < -0.4 is 0 Å². The number of hydrogen-bond acceptors (Lipinski definition) is 5. The molecule has 0 amide bonds. The summed E-state index contributed by atoms with van der Waals surface area (Å²) < 4.78 is 0. The molecule has 0 saturated carbocycles. The van der Waals surface area contributed by atoms with Crippen molar-refractivity contribution in [2.45, 2.75) is 32.0 Å². The number of hydrogen-bond donors (Lipinski definition) is 0. The molecular weight excluding hydrogens is 364 g/mol. The number of rotatable bonds is 5. The van der Waals surface area contributed by atoms with Crippen LogP contribution in [0.1, 0.15) is 23.3 Å². The van der Waals surface area contributed by atoms with Crippen LogP contribution in [0.5, 0.6) is 0 Å². The highest BCUT2D eigenvalue weighted by atomic mass is 32.1. The van der Waals surface area contributed by atoms with Gasteiger partial charge in [-0.2, -0.15) is 0 Å². The van der Waals surface area contributed by atoms with Gasteiger partial charge in [-0.15, -0.1) is 11.3 Å². The van der Waals surface area contributed by atoms with Crippen molar-refractivity contribution in [3.8, 4) is 10.6 Å². The van der Waals surface area contributed by atoms with Crippen LogP contribution in [-0.2, 0) is 13.1 Å². The van der Waals surface area contributed by atoms with E-state index in [0.717, 1.165) is 30.6 Å². The van der Waals surface area contributed by atoms with E-state index >= 15 is 0 Å². The lowest BCUT2D eigenvalue weighted by atomic mass is 9.95. The number of thiazole rings is 1. The first-order chi connectivity index (χ1) is 13.8. The summed E-state index contributed by atoms with van der Waals surface area (Å²) in [6, 6.07) is 15.4. The third-order valence-electron chi connectivity index (χ3n) is 5.96. The predicted octanol–water partition coefficient (Wildman–Crippen LogP) is 4.30. The van der Waals surface area contributed by atoms with E-state index in [1.165, 1.54) is 41.9 Å². The number of benzene rings is 1. The van der Waals surface area contributed by atoms with Crippen LogP contribution in [0.15, 0.2) is 61.1 Å². The fourth-order valence-corrected chi connectivity index (χ4v) is 5.59. The largest absolute Gasteiger partial charge is 0.297 e. The van der Waals surface area contributed by atoms with E-state index in [1.54, 1.807) is 0 Å². The Kier molecular flexibility index (Phi) is 5.21. The van der Waals surface area contributed by atoms with Gasteiger partial charge in [0, 0.05) is 67.8 Å². The lowest BCUT2D eigenvalue weighted by Crippen LogP contribution is -2.43. The van der Waals surface area contributed by atoms with E-state index < -0.39 is 0 Å². The second kappa shape index (κ2) is 8.11. The number of nitrogens with zero attached hydrogens (tertiary/aromatic N) is 4. The maximum atomic E-state index is 4.68. The lowest BCUT2D eigenvalue weighted by molar-refractivity contribution is 0.124. The molecule has 0 radical (unpaired) electrons. The molecule has 4 nitrogen and oxygen atoms in total. The van der Waals surface area contributed by atoms with Gasteiger partial charge in [-0.25, -0.2) is 4.98 Å². The Morgan fingerprint density at radius 3 is 2.71 bits per heavy atom. The average Bonchev–Trinajstić information content (AvgIpc) is 3.03. The highest BCUT2D eigenvalue weighted by molar-refractivity contribution is 7.15. The number of fused-ring (bicyclic) bond motifs is 4.